The molecule has 0 aliphatic rings. The van der Waals surface area contributed by atoms with Crippen molar-refractivity contribution in [3.8, 4) is 0 Å². The Kier molecular flexibility index (Phi) is 59.2. The maximum atomic E-state index is 13.0. The van der Waals surface area contributed by atoms with Gasteiger partial charge in [0.2, 0.25) is 0 Å². The van der Waals surface area contributed by atoms with E-state index in [1.165, 1.54) is 154 Å². The number of esters is 4. The van der Waals surface area contributed by atoms with Gasteiger partial charge < -0.3 is 33.8 Å². The molecule has 0 aromatic carbocycles. The predicted molar refractivity (Wildman–Crippen MR) is 345 cm³/mol. The van der Waals surface area contributed by atoms with Crippen LogP contribution in [0.4, 0.5) is 0 Å². The molecule has 510 valence electrons. The van der Waals surface area contributed by atoms with Crippen molar-refractivity contribution in [2.45, 2.75) is 361 Å². The van der Waals surface area contributed by atoms with Crippen LogP contribution >= 0.6 is 15.6 Å². The summed E-state index contributed by atoms with van der Waals surface area (Å²) in [5.41, 5.74) is 0. The maximum Gasteiger partial charge on any atom is 0.472 e. The fraction of sp³-hybridized carbons (Fsp3) is 0.940. The smallest absolute Gasteiger partial charge is 0.462 e. The molecular weight excluding hydrogens is 1140 g/mol. The van der Waals surface area contributed by atoms with E-state index in [9.17, 15) is 43.2 Å². The van der Waals surface area contributed by atoms with E-state index in [1.807, 2.05) is 0 Å². The molecule has 0 aliphatic heterocycles. The zero-order valence-electron chi connectivity index (χ0n) is 55.4. The monoisotopic (exact) mass is 1270 g/mol. The van der Waals surface area contributed by atoms with Crippen LogP contribution < -0.4 is 0 Å². The molecule has 0 fully saturated rings. The molecule has 5 atom stereocenters. The van der Waals surface area contributed by atoms with E-state index in [4.69, 9.17) is 37.0 Å². The SMILES string of the molecule is CCCCCCCCCCCCCCC(=O)OC[C@H](COP(=O)(O)OC[C@@H](O)COP(=O)(O)OC[C@@H](COC(=O)CCCCCCCCCC)OC(=O)CCCCCCCCCC)OC(=O)CCCCCCCCCCCCCCCCCC(C)C. The van der Waals surface area contributed by atoms with Gasteiger partial charge in [0.05, 0.1) is 26.4 Å². The molecule has 19 heteroatoms. The first-order valence-electron chi connectivity index (χ1n) is 35.1. The van der Waals surface area contributed by atoms with Gasteiger partial charge in [-0.25, -0.2) is 9.13 Å². The third-order valence-corrected chi connectivity index (χ3v) is 17.4. The standard InChI is InChI=1S/C67H130O17P2/c1-6-9-12-15-18-21-22-29-32-37-41-46-51-65(70)78-57-63(84-67(72)53-48-43-38-33-30-27-25-23-24-26-28-31-34-39-44-49-60(4)5)59-82-86(75,76)80-55-61(68)54-79-85(73,74)81-58-62(83-66(71)52-47-42-36-20-17-14-11-8-3)56-77-64(69)50-45-40-35-19-16-13-10-7-2/h60-63,68H,6-59H2,1-5H3,(H,73,74)(H,75,76)/t61-,62+,63+/m0/s1. The molecule has 0 rings (SSSR count). The largest absolute Gasteiger partial charge is 0.472 e. The second-order valence-corrected chi connectivity index (χ2v) is 27.6. The molecule has 0 saturated carbocycles. The minimum Gasteiger partial charge on any atom is -0.462 e. The van der Waals surface area contributed by atoms with Crippen molar-refractivity contribution in [1.82, 2.24) is 0 Å². The summed E-state index contributed by atoms with van der Waals surface area (Å²) in [5.74, 6) is -1.33. The molecule has 2 unspecified atom stereocenters. The van der Waals surface area contributed by atoms with E-state index < -0.39 is 97.5 Å². The molecule has 0 aromatic rings. The fourth-order valence-electron chi connectivity index (χ4n) is 10.1. The van der Waals surface area contributed by atoms with Crippen molar-refractivity contribution >= 4 is 39.5 Å². The van der Waals surface area contributed by atoms with Crippen LogP contribution in [0.1, 0.15) is 343 Å². The topological polar surface area (TPSA) is 237 Å². The highest BCUT2D eigenvalue weighted by atomic mass is 31.2. The predicted octanol–water partition coefficient (Wildman–Crippen LogP) is 19.0. The van der Waals surface area contributed by atoms with Crippen LogP contribution in [0.5, 0.6) is 0 Å². The summed E-state index contributed by atoms with van der Waals surface area (Å²) in [6, 6.07) is 0. The minimum atomic E-state index is -4.95. The Bertz CT molecular complexity index is 1670. The third-order valence-electron chi connectivity index (χ3n) is 15.5. The lowest BCUT2D eigenvalue weighted by molar-refractivity contribution is -0.161. The average Bonchev–Trinajstić information content (AvgIpc) is 3.70. The molecule has 0 saturated heterocycles. The molecule has 0 aliphatic carbocycles. The number of unbranched alkanes of at least 4 members (excludes halogenated alkanes) is 39. The zero-order valence-corrected chi connectivity index (χ0v) is 57.2. The van der Waals surface area contributed by atoms with E-state index >= 15 is 0 Å². The highest BCUT2D eigenvalue weighted by Crippen LogP contribution is 2.45. The van der Waals surface area contributed by atoms with Crippen molar-refractivity contribution in [3.05, 3.63) is 0 Å². The number of hydrogen-bond donors (Lipinski definition) is 3. The number of hydrogen-bond acceptors (Lipinski definition) is 15. The van der Waals surface area contributed by atoms with Gasteiger partial charge >= 0.3 is 39.5 Å². The first kappa shape index (κ1) is 84.1. The summed E-state index contributed by atoms with van der Waals surface area (Å²) in [4.78, 5) is 72.2. The number of aliphatic hydroxyl groups excluding tert-OH is 1. The summed E-state index contributed by atoms with van der Waals surface area (Å²) in [5, 5.41) is 10.5. The number of carbonyl (C=O) groups is 4. The highest BCUT2D eigenvalue weighted by molar-refractivity contribution is 7.47. The molecule has 86 heavy (non-hydrogen) atoms. The normalized spacial score (nSPS) is 14.2. The van der Waals surface area contributed by atoms with Crippen molar-refractivity contribution in [2.75, 3.05) is 39.6 Å². The molecule has 0 radical (unpaired) electrons. The lowest BCUT2D eigenvalue weighted by Gasteiger charge is -2.21. The molecule has 3 N–H and O–H groups in total. The number of carbonyl (C=O) groups excluding carboxylic acids is 4. The first-order chi connectivity index (χ1) is 41.5. The Morgan fingerprint density at radius 1 is 0.314 bits per heavy atom. The number of rotatable bonds is 67. The molecule has 0 aromatic heterocycles. The Labute approximate surface area is 524 Å². The zero-order chi connectivity index (χ0) is 63.5. The molecule has 0 heterocycles. The van der Waals surface area contributed by atoms with Crippen molar-refractivity contribution in [1.29, 1.82) is 0 Å². The van der Waals surface area contributed by atoms with Crippen LogP contribution in [0.3, 0.4) is 0 Å². The molecule has 0 bridgehead atoms. The maximum absolute atomic E-state index is 13.0. The summed E-state index contributed by atoms with van der Waals surface area (Å²) in [6.07, 6.45) is 45.9. The fourth-order valence-corrected chi connectivity index (χ4v) is 11.7. The summed E-state index contributed by atoms with van der Waals surface area (Å²) in [6.45, 7) is 7.19. The molecule has 0 amide bonds. The first-order valence-corrected chi connectivity index (χ1v) is 38.1. The van der Waals surface area contributed by atoms with E-state index in [0.29, 0.717) is 25.7 Å². The number of phosphoric acid groups is 2. The van der Waals surface area contributed by atoms with Crippen molar-refractivity contribution in [2.24, 2.45) is 5.92 Å². The highest BCUT2D eigenvalue weighted by Gasteiger charge is 2.30. The van der Waals surface area contributed by atoms with Crippen LogP contribution in [0.25, 0.3) is 0 Å². The van der Waals surface area contributed by atoms with Gasteiger partial charge in [0.15, 0.2) is 12.2 Å². The Hall–Kier alpha value is -1.94. The van der Waals surface area contributed by atoms with E-state index in [2.05, 4.69) is 34.6 Å². The van der Waals surface area contributed by atoms with E-state index in [-0.39, 0.29) is 25.7 Å². The van der Waals surface area contributed by atoms with E-state index in [1.54, 1.807) is 0 Å². The molecular formula is C67H130O17P2. The van der Waals surface area contributed by atoms with Gasteiger partial charge in [-0.3, -0.25) is 37.3 Å². The second kappa shape index (κ2) is 60.6. The third kappa shape index (κ3) is 60.9. The van der Waals surface area contributed by atoms with Crippen molar-refractivity contribution in [3.63, 3.8) is 0 Å². The number of ether oxygens (including phenoxy) is 4. The van der Waals surface area contributed by atoms with Crippen LogP contribution in [0.2, 0.25) is 0 Å². The summed E-state index contributed by atoms with van der Waals surface area (Å²) in [7, 11) is -9.88. The van der Waals surface area contributed by atoms with Crippen LogP contribution in [-0.4, -0.2) is 96.7 Å². The Morgan fingerprint density at radius 2 is 0.535 bits per heavy atom. The second-order valence-electron chi connectivity index (χ2n) is 24.7. The number of phosphoric ester groups is 2. The van der Waals surface area contributed by atoms with Gasteiger partial charge in [-0.2, -0.15) is 0 Å². The summed E-state index contributed by atoms with van der Waals surface area (Å²) >= 11 is 0. The number of aliphatic hydroxyl groups is 1. The van der Waals surface area contributed by atoms with Crippen LogP contribution in [0.15, 0.2) is 0 Å². The minimum absolute atomic E-state index is 0.105. The van der Waals surface area contributed by atoms with Gasteiger partial charge in [0.25, 0.3) is 0 Å². The quantitative estimate of drug-likeness (QED) is 0.0222. The van der Waals surface area contributed by atoms with Gasteiger partial charge in [0.1, 0.15) is 19.3 Å². The molecule has 17 nitrogen and oxygen atoms in total. The molecule has 0 spiro atoms. The average molecular weight is 1270 g/mol. The van der Waals surface area contributed by atoms with Crippen LogP contribution in [-0.2, 0) is 65.4 Å². The van der Waals surface area contributed by atoms with Gasteiger partial charge in [0, 0.05) is 25.7 Å². The lowest BCUT2D eigenvalue weighted by Crippen LogP contribution is -2.30. The van der Waals surface area contributed by atoms with Gasteiger partial charge in [-0.1, -0.05) is 291 Å². The Balaban J connectivity index is 5.17. The summed E-state index contributed by atoms with van der Waals surface area (Å²) < 4.78 is 68.0. The Morgan fingerprint density at radius 3 is 0.791 bits per heavy atom. The van der Waals surface area contributed by atoms with Gasteiger partial charge in [-0.05, 0) is 31.6 Å². The lowest BCUT2D eigenvalue weighted by atomic mass is 10.0. The van der Waals surface area contributed by atoms with E-state index in [0.717, 1.165) is 109 Å². The van der Waals surface area contributed by atoms with Gasteiger partial charge in [-0.15, -0.1) is 0 Å². The van der Waals surface area contributed by atoms with Crippen LogP contribution in [0, 0.1) is 5.92 Å². The van der Waals surface area contributed by atoms with Crippen molar-refractivity contribution < 1.29 is 80.2 Å².